The van der Waals surface area contributed by atoms with Crippen LogP contribution in [-0.4, -0.2) is 68.7 Å². The summed E-state index contributed by atoms with van der Waals surface area (Å²) in [4.78, 5) is 30.1. The molecule has 1 amide bonds. The zero-order valence-electron chi connectivity index (χ0n) is 17.7. The lowest BCUT2D eigenvalue weighted by Gasteiger charge is -2.37. The third-order valence-corrected chi connectivity index (χ3v) is 5.59. The van der Waals surface area contributed by atoms with Gasteiger partial charge in [0.2, 0.25) is 0 Å². The molecule has 0 spiro atoms. The standard InChI is InChI=1S/C20H22F3N5O5/c1-19(13-27-10-16(28(30)31)24-17(27)33-19)12-25-6-8-26(9-7-25)18(29)32-11-14-2-4-15(5-3-14)20(21,22)23/h2-5,10H,6-9,11-13H2,1H3. The van der Waals surface area contributed by atoms with Crippen LogP contribution in [-0.2, 0) is 24.1 Å². The molecular formula is C20H22F3N5O5. The van der Waals surface area contributed by atoms with E-state index in [0.29, 0.717) is 44.8 Å². The molecule has 1 unspecified atom stereocenters. The maximum absolute atomic E-state index is 12.6. The molecule has 1 aromatic heterocycles. The van der Waals surface area contributed by atoms with E-state index in [1.165, 1.54) is 18.3 Å². The number of fused-ring (bicyclic) bond motifs is 1. The lowest BCUT2D eigenvalue weighted by atomic mass is 10.1. The molecular weight excluding hydrogens is 447 g/mol. The van der Waals surface area contributed by atoms with Gasteiger partial charge < -0.3 is 24.5 Å². The molecule has 1 saturated heterocycles. The molecule has 2 aromatic rings. The number of hydrogen-bond acceptors (Lipinski definition) is 7. The predicted octanol–water partition coefficient (Wildman–Crippen LogP) is 2.92. The normalized spacial score (nSPS) is 20.9. The summed E-state index contributed by atoms with van der Waals surface area (Å²) in [5.74, 6) is -0.254. The van der Waals surface area contributed by atoms with Crippen LogP contribution < -0.4 is 4.74 Å². The van der Waals surface area contributed by atoms with Crippen molar-refractivity contribution < 1.29 is 32.4 Å². The van der Waals surface area contributed by atoms with Crippen molar-refractivity contribution in [3.8, 4) is 6.01 Å². The summed E-state index contributed by atoms with van der Waals surface area (Å²) in [5.41, 5.74) is -0.877. The molecule has 2 aliphatic rings. The molecule has 1 fully saturated rings. The lowest BCUT2D eigenvalue weighted by Crippen LogP contribution is -2.53. The van der Waals surface area contributed by atoms with Crippen molar-refractivity contribution >= 4 is 11.9 Å². The van der Waals surface area contributed by atoms with E-state index in [1.807, 2.05) is 6.92 Å². The van der Waals surface area contributed by atoms with Crippen LogP contribution in [0, 0.1) is 10.1 Å². The minimum atomic E-state index is -4.41. The third kappa shape index (κ3) is 5.18. The van der Waals surface area contributed by atoms with Gasteiger partial charge in [0.25, 0.3) is 0 Å². The van der Waals surface area contributed by atoms with Gasteiger partial charge in [-0.25, -0.2) is 4.79 Å². The highest BCUT2D eigenvalue weighted by Crippen LogP contribution is 2.32. The van der Waals surface area contributed by atoms with Crippen molar-refractivity contribution in [2.24, 2.45) is 0 Å². The number of imidazole rings is 1. The first kappa shape index (κ1) is 22.8. The Morgan fingerprint density at radius 2 is 1.91 bits per heavy atom. The summed E-state index contributed by atoms with van der Waals surface area (Å²) < 4.78 is 50.6. The average molecular weight is 469 g/mol. The molecule has 0 bridgehead atoms. The van der Waals surface area contributed by atoms with Crippen molar-refractivity contribution in [2.75, 3.05) is 32.7 Å². The fourth-order valence-electron chi connectivity index (χ4n) is 3.95. The smallest absolute Gasteiger partial charge is 0.416 e. The first-order valence-electron chi connectivity index (χ1n) is 10.2. The molecule has 0 saturated carbocycles. The Bertz CT molecular complexity index is 1010. The number of carbonyl (C=O) groups excluding carboxylic acids is 1. The molecule has 1 aromatic carbocycles. The number of piperazine rings is 1. The van der Waals surface area contributed by atoms with Crippen LogP contribution in [0.2, 0.25) is 0 Å². The quantitative estimate of drug-likeness (QED) is 0.490. The van der Waals surface area contributed by atoms with Gasteiger partial charge in [-0.05, 0) is 29.5 Å². The average Bonchev–Trinajstić information content (AvgIpc) is 3.27. The van der Waals surface area contributed by atoms with Gasteiger partial charge in [0, 0.05) is 37.7 Å². The second kappa shape index (κ2) is 8.54. The predicted molar refractivity (Wildman–Crippen MR) is 108 cm³/mol. The molecule has 10 nitrogen and oxygen atoms in total. The highest BCUT2D eigenvalue weighted by molar-refractivity contribution is 5.67. The van der Waals surface area contributed by atoms with Gasteiger partial charge in [-0.2, -0.15) is 13.2 Å². The molecule has 0 N–H and O–H groups in total. The Morgan fingerprint density at radius 1 is 1.24 bits per heavy atom. The second-order valence-corrected chi connectivity index (χ2v) is 8.33. The summed E-state index contributed by atoms with van der Waals surface area (Å²) in [6.07, 6.45) is -3.58. The number of nitrogens with zero attached hydrogens (tertiary/aromatic N) is 5. The molecule has 4 rings (SSSR count). The van der Waals surface area contributed by atoms with E-state index in [0.717, 1.165) is 12.1 Å². The number of alkyl halides is 3. The first-order valence-corrected chi connectivity index (χ1v) is 10.2. The van der Waals surface area contributed by atoms with E-state index in [-0.39, 0.29) is 18.4 Å². The lowest BCUT2D eigenvalue weighted by molar-refractivity contribution is -0.389. The number of nitro groups is 1. The SMILES string of the molecule is CC1(CN2CCN(C(=O)OCc3ccc(C(F)(F)F)cc3)CC2)Cn2cc([N+](=O)[O-])nc2O1. The van der Waals surface area contributed by atoms with Gasteiger partial charge in [0.05, 0.1) is 12.1 Å². The number of amides is 1. The Labute approximate surface area is 186 Å². The number of halogens is 3. The van der Waals surface area contributed by atoms with E-state index in [4.69, 9.17) is 9.47 Å². The van der Waals surface area contributed by atoms with Crippen molar-refractivity contribution in [3.05, 3.63) is 51.7 Å². The molecule has 178 valence electrons. The number of benzene rings is 1. The number of ether oxygens (including phenoxy) is 2. The van der Waals surface area contributed by atoms with E-state index in [1.54, 1.807) is 9.47 Å². The summed E-state index contributed by atoms with van der Waals surface area (Å²) >= 11 is 0. The Morgan fingerprint density at radius 3 is 2.48 bits per heavy atom. The highest BCUT2D eigenvalue weighted by Gasteiger charge is 2.42. The monoisotopic (exact) mass is 469 g/mol. The van der Waals surface area contributed by atoms with Crippen LogP contribution in [0.5, 0.6) is 6.01 Å². The summed E-state index contributed by atoms with van der Waals surface area (Å²) in [7, 11) is 0. The van der Waals surface area contributed by atoms with E-state index in [2.05, 4.69) is 9.88 Å². The van der Waals surface area contributed by atoms with Gasteiger partial charge in [-0.3, -0.25) is 9.47 Å². The fraction of sp³-hybridized carbons (Fsp3) is 0.500. The Kier molecular flexibility index (Phi) is 5.91. The molecule has 13 heteroatoms. The minimum Gasteiger partial charge on any atom is -0.445 e. The third-order valence-electron chi connectivity index (χ3n) is 5.59. The van der Waals surface area contributed by atoms with Gasteiger partial charge in [-0.1, -0.05) is 12.1 Å². The number of carbonyl (C=O) groups is 1. The number of rotatable bonds is 5. The minimum absolute atomic E-state index is 0.110. The Balaban J connectivity index is 1.22. The summed E-state index contributed by atoms with van der Waals surface area (Å²) in [6, 6.07) is 4.70. The van der Waals surface area contributed by atoms with Gasteiger partial charge >= 0.3 is 24.1 Å². The van der Waals surface area contributed by atoms with Gasteiger partial charge in [0.15, 0.2) is 0 Å². The highest BCUT2D eigenvalue weighted by atomic mass is 19.4. The van der Waals surface area contributed by atoms with Crippen LogP contribution >= 0.6 is 0 Å². The molecule has 0 radical (unpaired) electrons. The van der Waals surface area contributed by atoms with Crippen molar-refractivity contribution in [1.29, 1.82) is 0 Å². The van der Waals surface area contributed by atoms with Crippen LogP contribution in [0.3, 0.4) is 0 Å². The maximum Gasteiger partial charge on any atom is 0.416 e. The molecule has 3 heterocycles. The van der Waals surface area contributed by atoms with E-state index < -0.39 is 28.4 Å². The first-order chi connectivity index (χ1) is 15.5. The summed E-state index contributed by atoms with van der Waals surface area (Å²) in [5, 5.41) is 10.8. The Hall–Kier alpha value is -3.35. The number of aromatic nitrogens is 2. The zero-order chi connectivity index (χ0) is 23.8. The van der Waals surface area contributed by atoms with Crippen LogP contribution in [0.15, 0.2) is 30.5 Å². The fourth-order valence-corrected chi connectivity index (χ4v) is 3.95. The second-order valence-electron chi connectivity index (χ2n) is 8.33. The van der Waals surface area contributed by atoms with Crippen molar-refractivity contribution in [2.45, 2.75) is 31.9 Å². The summed E-state index contributed by atoms with van der Waals surface area (Å²) in [6.45, 7) is 4.79. The number of hydrogen-bond donors (Lipinski definition) is 0. The van der Waals surface area contributed by atoms with Crippen LogP contribution in [0.1, 0.15) is 18.1 Å². The molecule has 33 heavy (non-hydrogen) atoms. The van der Waals surface area contributed by atoms with Gasteiger partial charge in [-0.15, -0.1) is 0 Å². The maximum atomic E-state index is 12.6. The topological polar surface area (TPSA) is 103 Å². The largest absolute Gasteiger partial charge is 0.445 e. The van der Waals surface area contributed by atoms with Gasteiger partial charge in [0.1, 0.15) is 18.4 Å². The van der Waals surface area contributed by atoms with E-state index in [9.17, 15) is 28.1 Å². The molecule has 0 aliphatic carbocycles. The van der Waals surface area contributed by atoms with Crippen LogP contribution in [0.25, 0.3) is 0 Å². The van der Waals surface area contributed by atoms with Crippen molar-refractivity contribution in [1.82, 2.24) is 19.4 Å². The van der Waals surface area contributed by atoms with E-state index >= 15 is 0 Å². The molecule has 2 aliphatic heterocycles. The van der Waals surface area contributed by atoms with Crippen LogP contribution in [0.4, 0.5) is 23.8 Å². The zero-order valence-corrected chi connectivity index (χ0v) is 17.7. The van der Waals surface area contributed by atoms with Crippen molar-refractivity contribution in [3.63, 3.8) is 0 Å². The molecule has 1 atom stereocenters.